The largest absolute Gasteiger partial charge is 0.338 e. The molecule has 3 nitrogen and oxygen atoms in total. The molecule has 0 aliphatic carbocycles. The van der Waals surface area contributed by atoms with E-state index in [-0.39, 0.29) is 29.8 Å². The van der Waals surface area contributed by atoms with Crippen LogP contribution in [0.25, 0.3) is 0 Å². The minimum atomic E-state index is -0.0335. The van der Waals surface area contributed by atoms with Crippen LogP contribution in [0.15, 0.2) is 18.2 Å². The van der Waals surface area contributed by atoms with Crippen molar-refractivity contribution in [1.82, 2.24) is 4.90 Å². The van der Waals surface area contributed by atoms with E-state index in [2.05, 4.69) is 13.8 Å². The van der Waals surface area contributed by atoms with E-state index in [1.54, 1.807) is 6.07 Å². The highest BCUT2D eigenvalue weighted by atomic mass is 35.5. The molecule has 1 heterocycles. The molecule has 1 aromatic rings. The Morgan fingerprint density at radius 3 is 2.65 bits per heavy atom. The second kappa shape index (κ2) is 6.33. The predicted octanol–water partition coefficient (Wildman–Crippen LogP) is 3.27. The Hall–Kier alpha value is -0.770. The monoisotopic (exact) mass is 316 g/mol. The number of carbonyl (C=O) groups excluding carboxylic acids is 1. The van der Waals surface area contributed by atoms with E-state index in [0.29, 0.717) is 11.6 Å². The van der Waals surface area contributed by atoms with Gasteiger partial charge in [-0.3, -0.25) is 4.79 Å². The SMILES string of the molecule is Cc1cc(Cl)ccc1C(=O)N1CCC(N)C(C)(C)C1.Cl. The number of aryl methyl sites for hydroxylation is 1. The molecule has 5 heteroatoms. The molecule has 1 amide bonds. The Morgan fingerprint density at radius 2 is 2.10 bits per heavy atom. The number of benzene rings is 1. The Bertz CT molecular complexity index is 503. The van der Waals surface area contributed by atoms with Crippen LogP contribution < -0.4 is 5.73 Å². The van der Waals surface area contributed by atoms with Gasteiger partial charge in [-0.15, -0.1) is 12.4 Å². The van der Waals surface area contributed by atoms with Crippen LogP contribution in [-0.2, 0) is 0 Å². The number of nitrogens with zero attached hydrogens (tertiary/aromatic N) is 1. The molecular weight excluding hydrogens is 295 g/mol. The van der Waals surface area contributed by atoms with E-state index >= 15 is 0 Å². The first kappa shape index (κ1) is 17.3. The van der Waals surface area contributed by atoms with Crippen LogP contribution >= 0.6 is 24.0 Å². The van der Waals surface area contributed by atoms with Crippen molar-refractivity contribution in [3.8, 4) is 0 Å². The van der Waals surface area contributed by atoms with Crippen LogP contribution in [0.5, 0.6) is 0 Å². The van der Waals surface area contributed by atoms with Crippen molar-refractivity contribution in [2.75, 3.05) is 13.1 Å². The molecule has 1 aliphatic heterocycles. The number of rotatable bonds is 1. The zero-order valence-electron chi connectivity index (χ0n) is 12.1. The van der Waals surface area contributed by atoms with Gasteiger partial charge in [0.1, 0.15) is 0 Å². The molecule has 1 unspecified atom stereocenters. The third kappa shape index (κ3) is 3.46. The number of hydrogen-bond donors (Lipinski definition) is 1. The van der Waals surface area contributed by atoms with E-state index in [4.69, 9.17) is 17.3 Å². The van der Waals surface area contributed by atoms with Gasteiger partial charge in [0.05, 0.1) is 0 Å². The Kier molecular flexibility index (Phi) is 5.47. The van der Waals surface area contributed by atoms with Gasteiger partial charge in [0.2, 0.25) is 0 Å². The fourth-order valence-corrected chi connectivity index (χ4v) is 2.81. The lowest BCUT2D eigenvalue weighted by atomic mass is 9.79. The van der Waals surface area contributed by atoms with Crippen LogP contribution in [0.1, 0.15) is 36.2 Å². The molecule has 1 aliphatic rings. The summed E-state index contributed by atoms with van der Waals surface area (Å²) in [6.07, 6.45) is 0.853. The molecule has 20 heavy (non-hydrogen) atoms. The average Bonchev–Trinajstić information content (AvgIpc) is 2.32. The van der Waals surface area contributed by atoms with Gasteiger partial charge in [-0.25, -0.2) is 0 Å². The summed E-state index contributed by atoms with van der Waals surface area (Å²) in [6.45, 7) is 7.58. The van der Waals surface area contributed by atoms with E-state index in [1.165, 1.54) is 0 Å². The summed E-state index contributed by atoms with van der Waals surface area (Å²) in [6, 6.07) is 5.56. The number of nitrogens with two attached hydrogens (primary N) is 1. The maximum absolute atomic E-state index is 12.6. The van der Waals surface area contributed by atoms with Gasteiger partial charge < -0.3 is 10.6 Å². The molecule has 1 atom stereocenters. The lowest BCUT2D eigenvalue weighted by Crippen LogP contribution is -2.54. The summed E-state index contributed by atoms with van der Waals surface area (Å²) in [5.41, 5.74) is 7.73. The third-order valence-electron chi connectivity index (χ3n) is 4.02. The first-order valence-electron chi connectivity index (χ1n) is 6.62. The Morgan fingerprint density at radius 1 is 1.45 bits per heavy atom. The molecule has 1 saturated heterocycles. The summed E-state index contributed by atoms with van der Waals surface area (Å²) < 4.78 is 0. The van der Waals surface area contributed by atoms with Crippen molar-refractivity contribution < 1.29 is 4.79 Å². The number of carbonyl (C=O) groups is 1. The molecule has 0 radical (unpaired) electrons. The molecule has 0 spiro atoms. The first-order chi connectivity index (χ1) is 8.81. The van der Waals surface area contributed by atoms with Crippen molar-refractivity contribution in [3.05, 3.63) is 34.3 Å². The number of halogens is 2. The van der Waals surface area contributed by atoms with Gasteiger partial charge in [0, 0.05) is 29.7 Å². The summed E-state index contributed by atoms with van der Waals surface area (Å²) in [7, 11) is 0. The Balaban J connectivity index is 0.00000200. The minimum Gasteiger partial charge on any atom is -0.338 e. The average molecular weight is 317 g/mol. The van der Waals surface area contributed by atoms with Crippen LogP contribution in [-0.4, -0.2) is 29.9 Å². The van der Waals surface area contributed by atoms with Crippen LogP contribution in [0.3, 0.4) is 0 Å². The van der Waals surface area contributed by atoms with E-state index in [0.717, 1.165) is 24.1 Å². The van der Waals surface area contributed by atoms with Crippen molar-refractivity contribution in [2.45, 2.75) is 33.2 Å². The fourth-order valence-electron chi connectivity index (χ4n) is 2.58. The fraction of sp³-hybridized carbons (Fsp3) is 0.533. The van der Waals surface area contributed by atoms with Gasteiger partial charge in [0.15, 0.2) is 0 Å². The molecule has 112 valence electrons. The first-order valence-corrected chi connectivity index (χ1v) is 7.00. The zero-order chi connectivity index (χ0) is 14.2. The summed E-state index contributed by atoms with van der Waals surface area (Å²) in [5, 5.41) is 0.662. The molecule has 1 aromatic carbocycles. The molecule has 2 N–H and O–H groups in total. The molecule has 0 aromatic heterocycles. The lowest BCUT2D eigenvalue weighted by Gasteiger charge is -2.42. The number of hydrogen-bond acceptors (Lipinski definition) is 2. The van der Waals surface area contributed by atoms with Crippen LogP contribution in [0.4, 0.5) is 0 Å². The minimum absolute atomic E-state index is 0. The molecule has 2 rings (SSSR count). The normalized spacial score (nSPS) is 21.2. The van der Waals surface area contributed by atoms with Crippen molar-refractivity contribution in [2.24, 2.45) is 11.1 Å². The standard InChI is InChI=1S/C15H21ClN2O.ClH/c1-10-8-11(16)4-5-12(10)14(19)18-7-6-13(17)15(2,3)9-18;/h4-5,8,13H,6-7,9,17H2,1-3H3;1H. The maximum Gasteiger partial charge on any atom is 0.254 e. The summed E-state index contributed by atoms with van der Waals surface area (Å²) in [5.74, 6) is 0.0779. The number of amides is 1. The highest BCUT2D eigenvalue weighted by Crippen LogP contribution is 2.29. The van der Waals surface area contributed by atoms with Crippen molar-refractivity contribution in [3.63, 3.8) is 0 Å². The Labute approximate surface area is 131 Å². The quantitative estimate of drug-likeness (QED) is 0.864. The summed E-state index contributed by atoms with van der Waals surface area (Å²) in [4.78, 5) is 14.5. The molecular formula is C15H22Cl2N2O. The molecule has 1 fully saturated rings. The van der Waals surface area contributed by atoms with Crippen LogP contribution in [0.2, 0.25) is 5.02 Å². The second-order valence-electron chi connectivity index (χ2n) is 6.07. The van der Waals surface area contributed by atoms with Gasteiger partial charge in [-0.05, 0) is 42.5 Å². The van der Waals surface area contributed by atoms with E-state index in [1.807, 2.05) is 24.0 Å². The van der Waals surface area contributed by atoms with Crippen molar-refractivity contribution >= 4 is 29.9 Å². The molecule has 0 bridgehead atoms. The van der Waals surface area contributed by atoms with Gasteiger partial charge in [-0.1, -0.05) is 25.4 Å². The predicted molar refractivity (Wildman–Crippen MR) is 85.7 cm³/mol. The summed E-state index contributed by atoms with van der Waals surface area (Å²) >= 11 is 5.93. The van der Waals surface area contributed by atoms with Crippen molar-refractivity contribution in [1.29, 1.82) is 0 Å². The number of likely N-dealkylation sites (tertiary alicyclic amines) is 1. The highest BCUT2D eigenvalue weighted by Gasteiger charge is 2.35. The van der Waals surface area contributed by atoms with Gasteiger partial charge in [-0.2, -0.15) is 0 Å². The topological polar surface area (TPSA) is 46.3 Å². The van der Waals surface area contributed by atoms with Gasteiger partial charge >= 0.3 is 0 Å². The lowest BCUT2D eigenvalue weighted by molar-refractivity contribution is 0.0532. The maximum atomic E-state index is 12.6. The number of piperidine rings is 1. The third-order valence-corrected chi connectivity index (χ3v) is 4.25. The van der Waals surface area contributed by atoms with E-state index < -0.39 is 0 Å². The molecule has 0 saturated carbocycles. The van der Waals surface area contributed by atoms with Crippen LogP contribution in [0, 0.1) is 12.3 Å². The second-order valence-corrected chi connectivity index (χ2v) is 6.51. The highest BCUT2D eigenvalue weighted by molar-refractivity contribution is 6.30. The van der Waals surface area contributed by atoms with E-state index in [9.17, 15) is 4.79 Å². The van der Waals surface area contributed by atoms with Gasteiger partial charge in [0.25, 0.3) is 5.91 Å². The smallest absolute Gasteiger partial charge is 0.254 e. The zero-order valence-corrected chi connectivity index (χ0v) is 13.7.